The second-order valence-electron chi connectivity index (χ2n) is 15.9. The third-order valence-corrected chi connectivity index (χ3v) is 12.2. The quantitative estimate of drug-likeness (QED) is 0.0303. The van der Waals surface area contributed by atoms with Crippen molar-refractivity contribution >= 4 is 19.2 Å². The van der Waals surface area contributed by atoms with E-state index < -0.39 is 44.4 Å². The third-order valence-electron chi connectivity index (χ3n) is 11.3. The van der Waals surface area contributed by atoms with E-state index in [4.69, 9.17) is 24.3 Å². The van der Waals surface area contributed by atoms with Gasteiger partial charge in [-0.2, -0.15) is 20.7 Å². The van der Waals surface area contributed by atoms with E-state index >= 15 is 0 Å². The molecule has 1 fully saturated rings. The molecule has 1 aromatic carbocycles. The van der Waals surface area contributed by atoms with E-state index in [1.165, 1.54) is 112 Å². The zero-order valence-electron chi connectivity index (χ0n) is 35.3. The molecule has 6 atom stereocenters. The normalized spacial score (nSPS) is 20.4. The smallest absolute Gasteiger partial charge is 0.387 e. The van der Waals surface area contributed by atoms with Crippen LogP contribution in [-0.2, 0) is 29.7 Å². The zero-order chi connectivity index (χ0) is 43.5. The Bertz CT molecular complexity index is 2050. The molecule has 5 N–H and O–H groups in total. The highest BCUT2D eigenvalue weighted by atomic mass is 31.2. The lowest BCUT2D eigenvalue weighted by molar-refractivity contribution is -0.0763. The molecular weight excluding hydrogens is 802 g/mol. The number of benzene rings is 1. The molecule has 0 amide bonds. The van der Waals surface area contributed by atoms with Crippen LogP contribution in [0.15, 0.2) is 49.3 Å². The third kappa shape index (κ3) is 13.9. The monoisotopic (exact) mass is 863 g/mol. The summed E-state index contributed by atoms with van der Waals surface area (Å²) in [4.78, 5) is 18.7. The fourth-order valence-electron chi connectivity index (χ4n) is 7.69. The van der Waals surface area contributed by atoms with Crippen molar-refractivity contribution in [1.29, 1.82) is 10.5 Å². The van der Waals surface area contributed by atoms with E-state index in [9.17, 15) is 30.2 Å². The number of hydrogen-bond donors (Lipinski definition) is 4. The summed E-state index contributed by atoms with van der Waals surface area (Å²) in [6, 6.07) is 12.4. The number of nitriles is 2. The number of nitrogens with zero attached hydrogens (tertiary/aromatic N) is 8. The highest BCUT2D eigenvalue weighted by molar-refractivity contribution is 7.47. The average Bonchev–Trinajstić information content (AvgIpc) is 4.02. The molecule has 1 unspecified atom stereocenters. The number of rotatable bonds is 29. The van der Waals surface area contributed by atoms with Crippen molar-refractivity contribution < 1.29 is 38.2 Å². The van der Waals surface area contributed by atoms with E-state index in [0.717, 1.165) is 25.7 Å². The van der Waals surface area contributed by atoms with Crippen LogP contribution in [0.5, 0.6) is 0 Å². The number of phosphoric ester groups is 1. The van der Waals surface area contributed by atoms with Gasteiger partial charge in [-0.05, 0) is 36.2 Å². The summed E-state index contributed by atoms with van der Waals surface area (Å²) in [7, 11) is -4.85. The highest BCUT2D eigenvalue weighted by Gasteiger charge is 2.57. The van der Waals surface area contributed by atoms with Crippen molar-refractivity contribution in [3.63, 3.8) is 0 Å². The van der Waals surface area contributed by atoms with Crippen molar-refractivity contribution in [2.75, 3.05) is 18.9 Å². The summed E-state index contributed by atoms with van der Waals surface area (Å²) in [6.07, 6.45) is 20.4. The summed E-state index contributed by atoms with van der Waals surface area (Å²) in [5, 5.41) is 50.1. The fraction of sp³-hybridized carbons (Fsp3) is 0.628. The molecule has 0 bridgehead atoms. The summed E-state index contributed by atoms with van der Waals surface area (Å²) in [6.45, 7) is 1.13. The Kier molecular flexibility index (Phi) is 19.1. The van der Waals surface area contributed by atoms with Crippen LogP contribution in [0.2, 0.25) is 0 Å². The Morgan fingerprint density at radius 1 is 0.902 bits per heavy atom. The molecule has 1 saturated heterocycles. The minimum Gasteiger partial charge on any atom is -0.387 e. The Morgan fingerprint density at radius 2 is 1.56 bits per heavy atom. The van der Waals surface area contributed by atoms with Gasteiger partial charge in [0.2, 0.25) is 5.60 Å². The van der Waals surface area contributed by atoms with Gasteiger partial charge in [0.05, 0.1) is 36.3 Å². The lowest BCUT2D eigenvalue weighted by atomic mass is 9.96. The van der Waals surface area contributed by atoms with Crippen LogP contribution >= 0.6 is 7.82 Å². The second kappa shape index (κ2) is 24.4. The predicted octanol–water partition coefficient (Wildman–Crippen LogP) is 7.58. The number of hydrogen-bond acceptors (Lipinski definition) is 14. The lowest BCUT2D eigenvalue weighted by Gasteiger charge is -2.26. The molecule has 4 aromatic rings. The second-order valence-corrected chi connectivity index (χ2v) is 17.3. The topological polar surface area (TPSA) is 249 Å². The molecule has 3 aromatic heterocycles. The van der Waals surface area contributed by atoms with Crippen LogP contribution in [-0.4, -0.2) is 81.6 Å². The van der Waals surface area contributed by atoms with Crippen LogP contribution in [0.4, 0.5) is 5.82 Å². The van der Waals surface area contributed by atoms with Crippen LogP contribution in [0, 0.1) is 22.7 Å². The summed E-state index contributed by atoms with van der Waals surface area (Å²) < 4.78 is 38.8. The van der Waals surface area contributed by atoms with E-state index in [0.29, 0.717) is 28.8 Å². The van der Waals surface area contributed by atoms with Gasteiger partial charge < -0.3 is 30.3 Å². The van der Waals surface area contributed by atoms with Gasteiger partial charge in [-0.1, -0.05) is 122 Å². The SMILES string of the molecule is CCCCCCCCCCCCCCCCCCC[C@H](COP(=O)(O)OC[C@@]1(C#N)O[C@@H](c2ccc3c(N)ncnn23)[C@H](O)[C@@H]1O)OCc1ccc(-n2cncn2)c(C#N)c1. The number of nitrogen functional groups attached to an aromatic ring is 1. The van der Waals surface area contributed by atoms with Gasteiger partial charge in [-0.25, -0.2) is 23.7 Å². The minimum absolute atomic E-state index is 0.0950. The summed E-state index contributed by atoms with van der Waals surface area (Å²) in [5.41, 5.74) is 6.04. The zero-order valence-corrected chi connectivity index (χ0v) is 36.2. The van der Waals surface area contributed by atoms with Gasteiger partial charge in [-0.3, -0.25) is 9.05 Å². The van der Waals surface area contributed by atoms with Gasteiger partial charge in [-0.15, -0.1) is 0 Å². The molecule has 4 heterocycles. The Labute approximate surface area is 358 Å². The van der Waals surface area contributed by atoms with Crippen LogP contribution in [0.1, 0.15) is 145 Å². The first kappa shape index (κ1) is 47.8. The number of unbranched alkanes of at least 4 members (excludes halogenated alkanes) is 16. The molecule has 61 heavy (non-hydrogen) atoms. The number of fused-ring (bicyclic) bond motifs is 1. The molecule has 0 saturated carbocycles. The maximum Gasteiger partial charge on any atom is 0.472 e. The minimum atomic E-state index is -4.85. The first-order chi connectivity index (χ1) is 29.6. The van der Waals surface area contributed by atoms with Gasteiger partial charge in [0.25, 0.3) is 0 Å². The Hall–Kier alpha value is -4.29. The van der Waals surface area contributed by atoms with E-state index in [1.54, 1.807) is 30.3 Å². The molecule has 1 aliphatic heterocycles. The number of ether oxygens (including phenoxy) is 2. The van der Waals surface area contributed by atoms with Crippen LogP contribution in [0.25, 0.3) is 11.2 Å². The molecule has 0 spiro atoms. The summed E-state index contributed by atoms with van der Waals surface area (Å²) in [5.74, 6) is 0.169. The van der Waals surface area contributed by atoms with E-state index in [-0.39, 0.29) is 24.7 Å². The summed E-state index contributed by atoms with van der Waals surface area (Å²) >= 11 is 0. The molecule has 18 heteroatoms. The van der Waals surface area contributed by atoms with E-state index in [2.05, 4.69) is 33.2 Å². The largest absolute Gasteiger partial charge is 0.472 e. The Balaban J connectivity index is 1.10. The predicted molar refractivity (Wildman–Crippen MR) is 227 cm³/mol. The van der Waals surface area contributed by atoms with Crippen LogP contribution < -0.4 is 5.73 Å². The molecule has 0 radical (unpaired) electrons. The van der Waals surface area contributed by atoms with Crippen molar-refractivity contribution in [1.82, 2.24) is 29.4 Å². The molecule has 17 nitrogen and oxygen atoms in total. The molecular formula is C43H62N9O8P. The van der Waals surface area contributed by atoms with Gasteiger partial charge in [0.1, 0.15) is 61.6 Å². The molecule has 1 aliphatic rings. The van der Waals surface area contributed by atoms with Gasteiger partial charge >= 0.3 is 7.82 Å². The number of phosphoric acid groups is 1. The number of aliphatic hydroxyl groups is 2. The average molecular weight is 864 g/mol. The molecule has 0 aliphatic carbocycles. The highest BCUT2D eigenvalue weighted by Crippen LogP contribution is 2.48. The standard InChI is InChI=1S/C43H62N9O8P/c1-2-3-4-5-6-7-8-9-10-11-12-13-14-15-16-17-18-19-35(57-26-33-20-21-36(34(24-33)25-44)51-32-47-30-49-51)27-58-61(55,56)59-29-43(28-45)41(54)39(53)40(60-43)37-22-23-38-42(46)48-31-50-52(37)38/h20-24,30-32,35,39-41,53-54H,2-19,26-27,29H2,1H3,(H,55,56)(H2,46,48,50)/t35-,39+,40+,41+,43-/m1/s1. The number of anilines is 1. The maximum atomic E-state index is 13.2. The van der Waals surface area contributed by atoms with Gasteiger partial charge in [0, 0.05) is 0 Å². The van der Waals surface area contributed by atoms with Crippen molar-refractivity contribution in [2.24, 2.45) is 0 Å². The first-order valence-electron chi connectivity index (χ1n) is 21.8. The first-order valence-corrected chi connectivity index (χ1v) is 23.3. The Morgan fingerprint density at radius 3 is 2.16 bits per heavy atom. The number of aliphatic hydroxyl groups excluding tert-OH is 2. The number of aromatic nitrogens is 6. The van der Waals surface area contributed by atoms with E-state index in [1.807, 2.05) is 6.07 Å². The number of nitrogens with two attached hydrogens (primary N) is 1. The van der Waals surface area contributed by atoms with Crippen LogP contribution in [0.3, 0.4) is 0 Å². The van der Waals surface area contributed by atoms with Crippen molar-refractivity contribution in [2.45, 2.75) is 159 Å². The fourth-order valence-corrected chi connectivity index (χ4v) is 8.47. The lowest BCUT2D eigenvalue weighted by Crippen LogP contribution is -2.45. The maximum absolute atomic E-state index is 13.2. The van der Waals surface area contributed by atoms with Crippen molar-refractivity contribution in [3.8, 4) is 17.8 Å². The van der Waals surface area contributed by atoms with Crippen molar-refractivity contribution in [3.05, 3.63) is 66.1 Å². The molecule has 5 rings (SSSR count). The molecule has 332 valence electrons. The van der Waals surface area contributed by atoms with Gasteiger partial charge in [0.15, 0.2) is 5.82 Å².